The minimum atomic E-state index is -4.52. The van der Waals surface area contributed by atoms with Crippen LogP contribution in [0.5, 0.6) is 0 Å². The van der Waals surface area contributed by atoms with Crippen LogP contribution in [0.25, 0.3) is 10.9 Å². The van der Waals surface area contributed by atoms with Gasteiger partial charge in [0.25, 0.3) is 5.56 Å². The van der Waals surface area contributed by atoms with Crippen LogP contribution >= 0.6 is 0 Å². The Hall–Kier alpha value is -2.81. The Bertz CT molecular complexity index is 1190. The lowest BCUT2D eigenvalue weighted by Gasteiger charge is -2.27. The van der Waals surface area contributed by atoms with Crippen LogP contribution in [0.15, 0.2) is 41.3 Å². The predicted octanol–water partition coefficient (Wildman–Crippen LogP) is 4.35. The molecule has 0 bridgehead atoms. The molecule has 2 fully saturated rings. The van der Waals surface area contributed by atoms with Gasteiger partial charge in [-0.25, -0.2) is 15.0 Å². The lowest BCUT2D eigenvalue weighted by atomic mass is 9.85. The van der Waals surface area contributed by atoms with E-state index in [1.807, 2.05) is 6.07 Å². The lowest BCUT2D eigenvalue weighted by molar-refractivity contribution is -0.142. The molecule has 0 radical (unpaired) electrons. The minimum Gasteiger partial charge on any atom is -0.288 e. The summed E-state index contributed by atoms with van der Waals surface area (Å²) in [5.41, 5.74) is 0.621. The smallest absolute Gasteiger partial charge is 0.288 e. The Morgan fingerprint density at radius 1 is 1.03 bits per heavy atom. The molecule has 0 N–H and O–H groups in total. The molecular weight excluding hydrogens is 419 g/mol. The van der Waals surface area contributed by atoms with Crippen molar-refractivity contribution in [3.63, 3.8) is 0 Å². The van der Waals surface area contributed by atoms with Gasteiger partial charge in [-0.2, -0.15) is 13.2 Å². The van der Waals surface area contributed by atoms with Crippen molar-refractivity contribution in [2.24, 2.45) is 0 Å². The van der Waals surface area contributed by atoms with E-state index in [4.69, 9.17) is 4.98 Å². The molecule has 9 heteroatoms. The van der Waals surface area contributed by atoms with Crippen molar-refractivity contribution in [3.05, 3.63) is 64.2 Å². The number of fused-ring (bicyclic) bond motifs is 1. The fraction of sp³-hybridized carbons (Fsp3) is 0.478. The molecular formula is C23H24F3N5O. The second-order valence-electron chi connectivity index (χ2n) is 8.66. The molecule has 2 aliphatic rings. The highest BCUT2D eigenvalue weighted by Crippen LogP contribution is 2.35. The number of nitrogens with zero attached hydrogens (tertiary/aromatic N) is 5. The Labute approximate surface area is 183 Å². The maximum absolute atomic E-state index is 13.4. The Morgan fingerprint density at radius 3 is 2.59 bits per heavy atom. The van der Waals surface area contributed by atoms with Crippen molar-refractivity contribution in [2.75, 3.05) is 6.54 Å². The van der Waals surface area contributed by atoms with Crippen molar-refractivity contribution in [2.45, 2.75) is 63.3 Å². The lowest BCUT2D eigenvalue weighted by Crippen LogP contribution is -2.35. The van der Waals surface area contributed by atoms with E-state index in [2.05, 4.69) is 14.9 Å². The topological polar surface area (TPSA) is 63.9 Å². The summed E-state index contributed by atoms with van der Waals surface area (Å²) in [5, 5.41) is 0.200. The first kappa shape index (κ1) is 21.1. The van der Waals surface area contributed by atoms with E-state index < -0.39 is 18.3 Å². The van der Waals surface area contributed by atoms with E-state index in [9.17, 15) is 18.0 Å². The molecule has 1 saturated carbocycles. The van der Waals surface area contributed by atoms with Gasteiger partial charge in [-0.15, -0.1) is 0 Å². The van der Waals surface area contributed by atoms with Crippen molar-refractivity contribution < 1.29 is 13.2 Å². The normalized spacial score (nSPS) is 20.0. The first-order chi connectivity index (χ1) is 15.4. The van der Waals surface area contributed by atoms with Crippen molar-refractivity contribution in [1.82, 2.24) is 24.4 Å². The number of hydrogen-bond donors (Lipinski definition) is 0. The van der Waals surface area contributed by atoms with Gasteiger partial charge in [-0.05, 0) is 50.4 Å². The Morgan fingerprint density at radius 2 is 1.84 bits per heavy atom. The first-order valence-corrected chi connectivity index (χ1v) is 11.0. The molecule has 5 rings (SSSR count). The molecule has 3 aromatic rings. The minimum absolute atomic E-state index is 0.178. The van der Waals surface area contributed by atoms with E-state index in [0.717, 1.165) is 35.3 Å². The number of hydrogen-bond acceptors (Lipinski definition) is 5. The molecule has 1 saturated heterocycles. The van der Waals surface area contributed by atoms with Gasteiger partial charge in [-0.1, -0.05) is 18.6 Å². The van der Waals surface area contributed by atoms with Crippen LogP contribution in [0.2, 0.25) is 0 Å². The predicted molar refractivity (Wildman–Crippen MR) is 113 cm³/mol. The second kappa shape index (κ2) is 8.27. The SMILES string of the molecule is O=c1c2ccccc2nc(C2CCCN2Cc2ccnc(C3CCC3)n2)n1CC(F)(F)F. The fourth-order valence-corrected chi connectivity index (χ4v) is 4.65. The molecule has 1 aliphatic heterocycles. The van der Waals surface area contributed by atoms with Crippen LogP contribution in [-0.2, 0) is 13.1 Å². The van der Waals surface area contributed by atoms with Crippen LogP contribution in [0, 0.1) is 0 Å². The third kappa shape index (κ3) is 4.13. The highest BCUT2D eigenvalue weighted by atomic mass is 19.4. The maximum Gasteiger partial charge on any atom is 0.406 e. The molecule has 2 aromatic heterocycles. The Kier molecular flexibility index (Phi) is 5.44. The summed E-state index contributed by atoms with van der Waals surface area (Å²) in [6.07, 6.45) is 2.09. The highest BCUT2D eigenvalue weighted by molar-refractivity contribution is 5.77. The molecule has 1 unspecified atom stereocenters. The summed E-state index contributed by atoms with van der Waals surface area (Å²) < 4.78 is 40.9. The van der Waals surface area contributed by atoms with E-state index in [1.165, 1.54) is 12.5 Å². The molecule has 168 valence electrons. The largest absolute Gasteiger partial charge is 0.406 e. The number of benzene rings is 1. The van der Waals surface area contributed by atoms with Crippen molar-refractivity contribution in [1.29, 1.82) is 0 Å². The van der Waals surface area contributed by atoms with Gasteiger partial charge >= 0.3 is 6.18 Å². The fourth-order valence-electron chi connectivity index (χ4n) is 4.65. The number of alkyl halides is 3. The van der Waals surface area contributed by atoms with E-state index in [0.29, 0.717) is 30.9 Å². The number of rotatable bonds is 5. The first-order valence-electron chi connectivity index (χ1n) is 11.0. The number of aromatic nitrogens is 4. The van der Waals surface area contributed by atoms with Crippen molar-refractivity contribution >= 4 is 10.9 Å². The summed E-state index contributed by atoms with van der Waals surface area (Å²) in [5.74, 6) is 1.43. The van der Waals surface area contributed by atoms with Gasteiger partial charge in [0.1, 0.15) is 18.2 Å². The van der Waals surface area contributed by atoms with Crippen LogP contribution < -0.4 is 5.56 Å². The van der Waals surface area contributed by atoms with Crippen LogP contribution in [-0.4, -0.2) is 37.1 Å². The number of para-hydroxylation sites is 1. The van der Waals surface area contributed by atoms with Gasteiger partial charge in [0.05, 0.1) is 22.6 Å². The highest BCUT2D eigenvalue weighted by Gasteiger charge is 2.35. The molecule has 0 spiro atoms. The van der Waals surface area contributed by atoms with Crippen LogP contribution in [0.4, 0.5) is 13.2 Å². The molecule has 1 atom stereocenters. The summed E-state index contributed by atoms with van der Waals surface area (Å²) in [4.78, 5) is 28.7. The maximum atomic E-state index is 13.4. The number of halogens is 3. The van der Waals surface area contributed by atoms with Gasteiger partial charge in [-0.3, -0.25) is 14.3 Å². The standard InChI is InChI=1S/C23H24F3N5O/c24-23(25,26)14-31-21(29-18-8-2-1-7-17(18)22(31)32)19-9-4-12-30(19)13-16-10-11-27-20(28-16)15-5-3-6-15/h1-2,7-8,10-11,15,19H,3-6,9,12-14H2. The molecule has 6 nitrogen and oxygen atoms in total. The van der Waals surface area contributed by atoms with Gasteiger partial charge in [0.15, 0.2) is 0 Å². The van der Waals surface area contributed by atoms with Crippen LogP contribution in [0.3, 0.4) is 0 Å². The van der Waals surface area contributed by atoms with Gasteiger partial charge in [0, 0.05) is 18.7 Å². The summed E-state index contributed by atoms with van der Waals surface area (Å²) in [6, 6.07) is 8.05. The zero-order valence-electron chi connectivity index (χ0n) is 17.6. The summed E-state index contributed by atoms with van der Waals surface area (Å²) >= 11 is 0. The number of likely N-dealkylation sites (tertiary alicyclic amines) is 1. The quantitative estimate of drug-likeness (QED) is 0.587. The molecule has 32 heavy (non-hydrogen) atoms. The van der Waals surface area contributed by atoms with E-state index in [-0.39, 0.29) is 17.3 Å². The average molecular weight is 443 g/mol. The summed E-state index contributed by atoms with van der Waals surface area (Å²) in [6.45, 7) is -0.146. The monoisotopic (exact) mass is 443 g/mol. The van der Waals surface area contributed by atoms with Gasteiger partial charge in [0.2, 0.25) is 0 Å². The molecule has 1 aromatic carbocycles. The second-order valence-corrected chi connectivity index (χ2v) is 8.66. The van der Waals surface area contributed by atoms with Gasteiger partial charge < -0.3 is 0 Å². The zero-order valence-corrected chi connectivity index (χ0v) is 17.6. The summed E-state index contributed by atoms with van der Waals surface area (Å²) in [7, 11) is 0. The third-order valence-corrected chi connectivity index (χ3v) is 6.46. The molecule has 1 aliphatic carbocycles. The van der Waals surface area contributed by atoms with Crippen LogP contribution in [0.1, 0.15) is 61.4 Å². The molecule has 0 amide bonds. The average Bonchev–Trinajstić information content (AvgIpc) is 3.16. The van der Waals surface area contributed by atoms with E-state index >= 15 is 0 Å². The van der Waals surface area contributed by atoms with E-state index in [1.54, 1.807) is 24.4 Å². The Balaban J connectivity index is 1.51. The third-order valence-electron chi connectivity index (χ3n) is 6.46. The molecule has 3 heterocycles. The van der Waals surface area contributed by atoms with Crippen molar-refractivity contribution in [3.8, 4) is 0 Å². The zero-order chi connectivity index (χ0) is 22.3.